The predicted molar refractivity (Wildman–Crippen MR) is 113 cm³/mol. The number of rotatable bonds is 4. The van der Waals surface area contributed by atoms with Gasteiger partial charge < -0.3 is 20.3 Å². The minimum absolute atomic E-state index is 0. The molecular formula is C18H30IN5O. The summed E-state index contributed by atoms with van der Waals surface area (Å²) < 4.78 is 5.86. The van der Waals surface area contributed by atoms with Gasteiger partial charge in [0.2, 0.25) is 0 Å². The highest BCUT2D eigenvalue weighted by atomic mass is 127. The van der Waals surface area contributed by atoms with E-state index in [4.69, 9.17) is 4.74 Å². The zero-order valence-electron chi connectivity index (χ0n) is 15.7. The van der Waals surface area contributed by atoms with Gasteiger partial charge in [0.05, 0.1) is 18.3 Å². The molecule has 1 saturated carbocycles. The van der Waals surface area contributed by atoms with Crippen molar-refractivity contribution in [2.75, 3.05) is 32.6 Å². The summed E-state index contributed by atoms with van der Waals surface area (Å²) in [5, 5.41) is 6.98. The van der Waals surface area contributed by atoms with E-state index in [-0.39, 0.29) is 29.4 Å². The fourth-order valence-electron chi connectivity index (χ4n) is 3.95. The van der Waals surface area contributed by atoms with Crippen molar-refractivity contribution in [2.24, 2.45) is 16.3 Å². The van der Waals surface area contributed by atoms with E-state index < -0.39 is 0 Å². The largest absolute Gasteiger partial charge is 0.377 e. The SMILES string of the molecule is CN=C(NCc1cccc(N(C)C)n1)NC1C2CCOC2C1(C)C.I. The normalized spacial score (nSPS) is 26.9. The van der Waals surface area contributed by atoms with E-state index in [1.54, 1.807) is 0 Å². The Morgan fingerprint density at radius 2 is 2.16 bits per heavy atom. The molecule has 3 unspecified atom stereocenters. The summed E-state index contributed by atoms with van der Waals surface area (Å²) in [5.74, 6) is 2.38. The number of hydrogen-bond donors (Lipinski definition) is 2. The molecule has 0 aromatic carbocycles. The second-order valence-electron chi connectivity index (χ2n) is 7.49. The number of guanidine groups is 1. The first-order valence-corrected chi connectivity index (χ1v) is 8.65. The number of aromatic nitrogens is 1. The molecule has 25 heavy (non-hydrogen) atoms. The predicted octanol–water partition coefficient (Wildman–Crippen LogP) is 2.24. The van der Waals surface area contributed by atoms with Crippen LogP contribution >= 0.6 is 24.0 Å². The lowest BCUT2D eigenvalue weighted by Gasteiger charge is -2.54. The molecule has 1 aromatic heterocycles. The van der Waals surface area contributed by atoms with Gasteiger partial charge in [-0.25, -0.2) is 4.98 Å². The number of ether oxygens (including phenoxy) is 1. The Labute approximate surface area is 167 Å². The number of fused-ring (bicyclic) bond motifs is 1. The van der Waals surface area contributed by atoms with Gasteiger partial charge in [0.15, 0.2) is 5.96 Å². The van der Waals surface area contributed by atoms with Gasteiger partial charge in [0.25, 0.3) is 0 Å². The van der Waals surface area contributed by atoms with Crippen molar-refractivity contribution in [3.63, 3.8) is 0 Å². The summed E-state index contributed by atoms with van der Waals surface area (Å²) in [5.41, 5.74) is 1.14. The number of nitrogens with zero attached hydrogens (tertiary/aromatic N) is 3. The molecule has 0 spiro atoms. The topological polar surface area (TPSA) is 61.8 Å². The zero-order valence-corrected chi connectivity index (χ0v) is 18.1. The lowest BCUT2D eigenvalue weighted by Crippen LogP contribution is -2.67. The molecule has 1 aliphatic heterocycles. The highest BCUT2D eigenvalue weighted by Crippen LogP contribution is 2.52. The average molecular weight is 459 g/mol. The summed E-state index contributed by atoms with van der Waals surface area (Å²) in [6, 6.07) is 6.47. The van der Waals surface area contributed by atoms with Crippen molar-refractivity contribution in [2.45, 2.75) is 39.0 Å². The molecule has 6 nitrogen and oxygen atoms in total. The van der Waals surface area contributed by atoms with Gasteiger partial charge in [-0.1, -0.05) is 19.9 Å². The molecule has 2 fully saturated rings. The van der Waals surface area contributed by atoms with Crippen molar-refractivity contribution in [3.05, 3.63) is 23.9 Å². The molecule has 7 heteroatoms. The Kier molecular flexibility index (Phi) is 6.53. The van der Waals surface area contributed by atoms with Gasteiger partial charge >= 0.3 is 0 Å². The van der Waals surface area contributed by atoms with Gasteiger partial charge in [-0.05, 0) is 18.6 Å². The smallest absolute Gasteiger partial charge is 0.191 e. The van der Waals surface area contributed by atoms with Gasteiger partial charge in [-0.2, -0.15) is 0 Å². The van der Waals surface area contributed by atoms with Crippen molar-refractivity contribution in [1.82, 2.24) is 15.6 Å². The van der Waals surface area contributed by atoms with E-state index in [0.29, 0.717) is 24.6 Å². The number of hydrogen-bond acceptors (Lipinski definition) is 4. The van der Waals surface area contributed by atoms with Crippen molar-refractivity contribution in [3.8, 4) is 0 Å². The molecule has 2 N–H and O–H groups in total. The van der Waals surface area contributed by atoms with Crippen LogP contribution in [0.5, 0.6) is 0 Å². The number of halogens is 1. The summed E-state index contributed by atoms with van der Waals surface area (Å²) in [6.07, 6.45) is 1.52. The maximum atomic E-state index is 5.86. The number of nitrogens with one attached hydrogen (secondary N) is 2. The summed E-state index contributed by atoms with van der Waals surface area (Å²) in [6.45, 7) is 6.07. The summed E-state index contributed by atoms with van der Waals surface area (Å²) in [4.78, 5) is 11.0. The second kappa shape index (κ2) is 8.07. The van der Waals surface area contributed by atoms with Gasteiger partial charge in [-0.15, -0.1) is 24.0 Å². The molecule has 1 aromatic rings. The third-order valence-corrected chi connectivity index (χ3v) is 5.30. The number of aliphatic imine (C=N–C) groups is 1. The van der Waals surface area contributed by atoms with Crippen LogP contribution in [0.4, 0.5) is 5.82 Å². The summed E-state index contributed by atoms with van der Waals surface area (Å²) >= 11 is 0. The maximum Gasteiger partial charge on any atom is 0.191 e. The van der Waals surface area contributed by atoms with Crippen molar-refractivity contribution < 1.29 is 4.74 Å². The van der Waals surface area contributed by atoms with E-state index in [0.717, 1.165) is 30.5 Å². The number of pyridine rings is 1. The van der Waals surface area contributed by atoms with Crippen LogP contribution < -0.4 is 15.5 Å². The van der Waals surface area contributed by atoms with Crippen LogP contribution in [-0.4, -0.2) is 50.8 Å². The van der Waals surface area contributed by atoms with E-state index in [1.165, 1.54) is 0 Å². The Balaban J connectivity index is 0.00000225. The number of anilines is 1. The molecule has 1 aliphatic carbocycles. The molecule has 2 heterocycles. The molecule has 0 bridgehead atoms. The fourth-order valence-corrected chi connectivity index (χ4v) is 3.95. The van der Waals surface area contributed by atoms with Crippen LogP contribution in [0.15, 0.2) is 23.2 Å². The molecule has 3 atom stereocenters. The highest BCUT2D eigenvalue weighted by Gasteiger charge is 2.59. The third-order valence-electron chi connectivity index (χ3n) is 5.30. The Morgan fingerprint density at radius 1 is 1.40 bits per heavy atom. The Hall–Kier alpha value is -1.09. The van der Waals surface area contributed by atoms with E-state index >= 15 is 0 Å². The first kappa shape index (κ1) is 20.2. The van der Waals surface area contributed by atoms with Crippen LogP contribution in [0, 0.1) is 11.3 Å². The van der Waals surface area contributed by atoms with Crippen LogP contribution in [-0.2, 0) is 11.3 Å². The second-order valence-corrected chi connectivity index (χ2v) is 7.49. The molecule has 0 radical (unpaired) electrons. The highest BCUT2D eigenvalue weighted by molar-refractivity contribution is 14.0. The Bertz CT molecular complexity index is 619. The maximum absolute atomic E-state index is 5.86. The minimum Gasteiger partial charge on any atom is -0.377 e. The van der Waals surface area contributed by atoms with Crippen molar-refractivity contribution >= 4 is 35.8 Å². The standard InChI is InChI=1S/C18H29N5O.HI/c1-18(2)15(13-9-10-24-16(13)18)22-17(19-3)20-11-12-7-6-8-14(21-12)23(4)5;/h6-8,13,15-16H,9-11H2,1-5H3,(H2,19,20,22);1H. The summed E-state index contributed by atoms with van der Waals surface area (Å²) in [7, 11) is 5.81. The molecular weight excluding hydrogens is 429 g/mol. The lowest BCUT2D eigenvalue weighted by atomic mass is 9.57. The molecule has 3 rings (SSSR count). The van der Waals surface area contributed by atoms with Crippen LogP contribution in [0.3, 0.4) is 0 Å². The molecule has 0 amide bonds. The average Bonchev–Trinajstić information content (AvgIpc) is 3.02. The van der Waals surface area contributed by atoms with Crippen LogP contribution in [0.1, 0.15) is 26.0 Å². The van der Waals surface area contributed by atoms with Gasteiger partial charge in [-0.3, -0.25) is 4.99 Å². The van der Waals surface area contributed by atoms with Crippen LogP contribution in [0.25, 0.3) is 0 Å². The van der Waals surface area contributed by atoms with Gasteiger partial charge in [0.1, 0.15) is 5.82 Å². The van der Waals surface area contributed by atoms with E-state index in [2.05, 4.69) is 34.5 Å². The fraction of sp³-hybridized carbons (Fsp3) is 0.667. The lowest BCUT2D eigenvalue weighted by molar-refractivity contribution is -0.106. The Morgan fingerprint density at radius 3 is 2.84 bits per heavy atom. The zero-order chi connectivity index (χ0) is 17.3. The minimum atomic E-state index is 0. The first-order valence-electron chi connectivity index (χ1n) is 8.65. The quantitative estimate of drug-likeness (QED) is 0.411. The molecule has 140 valence electrons. The first-order chi connectivity index (χ1) is 11.4. The molecule has 1 saturated heterocycles. The molecule has 2 aliphatic rings. The van der Waals surface area contributed by atoms with E-state index in [9.17, 15) is 0 Å². The van der Waals surface area contributed by atoms with Gasteiger partial charge in [0, 0.05) is 45.1 Å². The van der Waals surface area contributed by atoms with Crippen LogP contribution in [0.2, 0.25) is 0 Å². The van der Waals surface area contributed by atoms with Crippen molar-refractivity contribution in [1.29, 1.82) is 0 Å². The monoisotopic (exact) mass is 459 g/mol. The third kappa shape index (κ3) is 4.02. The van der Waals surface area contributed by atoms with E-state index in [1.807, 2.05) is 44.2 Å².